The van der Waals surface area contributed by atoms with Crippen LogP contribution in [-0.2, 0) is 10.0 Å². The Labute approximate surface area is 111 Å². The van der Waals surface area contributed by atoms with Crippen molar-refractivity contribution in [3.63, 3.8) is 0 Å². The molecule has 0 heterocycles. The molecule has 0 spiro atoms. The van der Waals surface area contributed by atoms with E-state index in [-0.39, 0.29) is 5.91 Å². The molecule has 0 unspecified atom stereocenters. The van der Waals surface area contributed by atoms with E-state index in [1.54, 1.807) is 6.08 Å². The van der Waals surface area contributed by atoms with Gasteiger partial charge in [-0.1, -0.05) is 6.08 Å². The van der Waals surface area contributed by atoms with Crippen molar-refractivity contribution in [2.24, 2.45) is 0 Å². The van der Waals surface area contributed by atoms with Crippen molar-refractivity contribution in [3.05, 3.63) is 42.5 Å². The van der Waals surface area contributed by atoms with E-state index in [1.807, 2.05) is 0 Å². The van der Waals surface area contributed by atoms with Gasteiger partial charge in [0.05, 0.1) is 0 Å². The van der Waals surface area contributed by atoms with Crippen LogP contribution in [0, 0.1) is 0 Å². The van der Waals surface area contributed by atoms with E-state index in [4.69, 9.17) is 11.6 Å². The minimum atomic E-state index is -3.52. The molecule has 1 amide bonds. The number of hydrogen-bond donors (Lipinski definition) is 2. The number of benzene rings is 1. The molecule has 1 aromatic rings. The monoisotopic (exact) mass is 288 g/mol. The Morgan fingerprint density at radius 2 is 1.94 bits per heavy atom. The zero-order valence-electron chi connectivity index (χ0n) is 9.52. The van der Waals surface area contributed by atoms with Gasteiger partial charge >= 0.3 is 0 Å². The second kappa shape index (κ2) is 6.42. The summed E-state index contributed by atoms with van der Waals surface area (Å²) < 4.78 is 24.7. The van der Waals surface area contributed by atoms with Gasteiger partial charge in [0.25, 0.3) is 5.91 Å². The van der Waals surface area contributed by atoms with Gasteiger partial charge in [0.2, 0.25) is 10.0 Å². The Hall–Kier alpha value is -1.53. The van der Waals surface area contributed by atoms with Gasteiger partial charge in [-0.05, 0) is 24.3 Å². The molecular weight excluding hydrogens is 276 g/mol. The quantitative estimate of drug-likeness (QED) is 0.616. The predicted molar refractivity (Wildman–Crippen MR) is 72.2 cm³/mol. The first kappa shape index (κ1) is 14.5. The Kier molecular flexibility index (Phi) is 5.18. The summed E-state index contributed by atoms with van der Waals surface area (Å²) in [4.78, 5) is 11.5. The van der Waals surface area contributed by atoms with Gasteiger partial charge in [-0.25, -0.2) is 8.42 Å². The zero-order valence-corrected chi connectivity index (χ0v) is 11.1. The topological polar surface area (TPSA) is 75.3 Å². The fraction of sp³-hybridized carbons (Fsp3) is 0.182. The molecule has 0 saturated carbocycles. The number of sulfonamides is 1. The highest BCUT2D eigenvalue weighted by Gasteiger charge is 2.09. The van der Waals surface area contributed by atoms with Crippen LogP contribution in [0.5, 0.6) is 0 Å². The smallest absolute Gasteiger partial charge is 0.251 e. The first-order valence-corrected chi connectivity index (χ1v) is 7.23. The fourth-order valence-electron chi connectivity index (χ4n) is 1.16. The molecule has 0 atom stereocenters. The largest absolute Gasteiger partial charge is 0.349 e. The average Bonchev–Trinajstić information content (AvgIpc) is 2.36. The van der Waals surface area contributed by atoms with Crippen LogP contribution in [0.25, 0.3) is 0 Å². The lowest BCUT2D eigenvalue weighted by Crippen LogP contribution is -2.23. The van der Waals surface area contributed by atoms with Crippen LogP contribution in [-0.4, -0.2) is 26.1 Å². The predicted octanol–water partition coefficient (Wildman–Crippen LogP) is 1.54. The van der Waals surface area contributed by atoms with Crippen LogP contribution in [0.1, 0.15) is 10.4 Å². The molecule has 0 aromatic heterocycles. The van der Waals surface area contributed by atoms with E-state index in [1.165, 1.54) is 24.3 Å². The van der Waals surface area contributed by atoms with E-state index in [0.717, 1.165) is 0 Å². The van der Waals surface area contributed by atoms with Crippen molar-refractivity contribution in [3.8, 4) is 0 Å². The second-order valence-electron chi connectivity index (χ2n) is 3.40. The molecule has 0 aliphatic rings. The molecule has 0 fully saturated rings. The van der Waals surface area contributed by atoms with Crippen molar-refractivity contribution >= 4 is 33.2 Å². The summed E-state index contributed by atoms with van der Waals surface area (Å²) in [5.74, 6) is -0.248. The van der Waals surface area contributed by atoms with Crippen LogP contribution in [0.15, 0.2) is 36.9 Å². The normalized spacial score (nSPS) is 10.7. The van der Waals surface area contributed by atoms with E-state index < -0.39 is 15.2 Å². The number of rotatable bonds is 6. The number of anilines is 1. The van der Waals surface area contributed by atoms with E-state index in [0.29, 0.717) is 17.8 Å². The maximum absolute atomic E-state index is 11.5. The van der Waals surface area contributed by atoms with Crippen LogP contribution in [0.4, 0.5) is 5.69 Å². The summed E-state index contributed by atoms with van der Waals surface area (Å²) in [5, 5.41) is 2.09. The van der Waals surface area contributed by atoms with Gasteiger partial charge in [0, 0.05) is 17.8 Å². The van der Waals surface area contributed by atoms with Gasteiger partial charge in [-0.15, -0.1) is 18.2 Å². The SMILES string of the molecule is C=CCNC(=O)c1ccc(NS(=O)(=O)CCl)cc1. The number of halogens is 1. The van der Waals surface area contributed by atoms with E-state index in [9.17, 15) is 13.2 Å². The molecule has 98 valence electrons. The molecule has 2 N–H and O–H groups in total. The minimum Gasteiger partial charge on any atom is -0.349 e. The lowest BCUT2D eigenvalue weighted by molar-refractivity contribution is 0.0958. The highest BCUT2D eigenvalue weighted by atomic mass is 35.5. The molecule has 1 aromatic carbocycles. The number of alkyl halides is 1. The maximum Gasteiger partial charge on any atom is 0.251 e. The second-order valence-corrected chi connectivity index (χ2v) is 5.71. The Morgan fingerprint density at radius 3 is 2.44 bits per heavy atom. The maximum atomic E-state index is 11.5. The molecule has 0 radical (unpaired) electrons. The first-order chi connectivity index (χ1) is 8.48. The number of carbonyl (C=O) groups is 1. The lowest BCUT2D eigenvalue weighted by atomic mass is 10.2. The zero-order chi connectivity index (χ0) is 13.6. The van der Waals surface area contributed by atoms with Crippen LogP contribution in [0.3, 0.4) is 0 Å². The molecule has 0 aliphatic heterocycles. The van der Waals surface area contributed by atoms with Gasteiger partial charge in [-0.2, -0.15) is 0 Å². The molecule has 18 heavy (non-hydrogen) atoms. The van der Waals surface area contributed by atoms with Gasteiger partial charge in [-0.3, -0.25) is 9.52 Å². The average molecular weight is 289 g/mol. The molecule has 7 heteroatoms. The molecule has 0 bridgehead atoms. The third-order valence-electron chi connectivity index (χ3n) is 1.97. The summed E-state index contributed by atoms with van der Waals surface area (Å²) in [6, 6.07) is 6.02. The summed E-state index contributed by atoms with van der Waals surface area (Å²) in [6.07, 6.45) is 1.57. The van der Waals surface area contributed by atoms with Crippen molar-refractivity contribution < 1.29 is 13.2 Å². The molecular formula is C11H13ClN2O3S. The highest BCUT2D eigenvalue weighted by molar-refractivity contribution is 7.93. The van der Waals surface area contributed by atoms with E-state index >= 15 is 0 Å². The van der Waals surface area contributed by atoms with E-state index in [2.05, 4.69) is 16.6 Å². The first-order valence-electron chi connectivity index (χ1n) is 5.04. The molecule has 0 saturated heterocycles. The van der Waals surface area contributed by atoms with Crippen molar-refractivity contribution in [1.82, 2.24) is 5.32 Å². The highest BCUT2D eigenvalue weighted by Crippen LogP contribution is 2.11. The summed E-state index contributed by atoms with van der Waals surface area (Å²) in [7, 11) is -3.52. The van der Waals surface area contributed by atoms with Crippen molar-refractivity contribution in [2.75, 3.05) is 16.5 Å². The van der Waals surface area contributed by atoms with Gasteiger partial charge in [0.1, 0.15) is 5.21 Å². The minimum absolute atomic E-state index is 0.248. The van der Waals surface area contributed by atoms with Crippen molar-refractivity contribution in [2.45, 2.75) is 0 Å². The number of amides is 1. The number of hydrogen-bond acceptors (Lipinski definition) is 3. The standard InChI is InChI=1S/C11H13ClN2O3S/c1-2-7-13-11(15)9-3-5-10(6-4-9)14-18(16,17)8-12/h2-6,14H,1,7-8H2,(H,13,15). The Bertz CT molecular complexity index is 526. The third-order valence-corrected chi connectivity index (χ3v) is 3.67. The lowest BCUT2D eigenvalue weighted by Gasteiger charge is -2.06. The summed E-state index contributed by atoms with van der Waals surface area (Å²) >= 11 is 5.26. The summed E-state index contributed by atoms with van der Waals surface area (Å²) in [6.45, 7) is 3.86. The number of carbonyl (C=O) groups excluding carboxylic acids is 1. The van der Waals surface area contributed by atoms with Gasteiger partial charge < -0.3 is 5.32 Å². The van der Waals surface area contributed by atoms with Crippen LogP contribution in [0.2, 0.25) is 0 Å². The Morgan fingerprint density at radius 1 is 1.33 bits per heavy atom. The number of nitrogens with one attached hydrogen (secondary N) is 2. The summed E-state index contributed by atoms with van der Waals surface area (Å²) in [5.41, 5.74) is 0.793. The third kappa shape index (κ3) is 4.38. The fourth-order valence-corrected chi connectivity index (χ4v) is 1.88. The van der Waals surface area contributed by atoms with Crippen molar-refractivity contribution in [1.29, 1.82) is 0 Å². The van der Waals surface area contributed by atoms with Crippen LogP contribution < -0.4 is 10.0 Å². The molecule has 0 aliphatic carbocycles. The molecule has 5 nitrogen and oxygen atoms in total. The van der Waals surface area contributed by atoms with Gasteiger partial charge in [0.15, 0.2) is 0 Å². The van der Waals surface area contributed by atoms with Crippen LogP contribution >= 0.6 is 11.6 Å². The Balaban J connectivity index is 2.74. The molecule has 1 rings (SSSR count).